The molecule has 8 heteroatoms. The molecule has 2 aromatic carbocycles. The van der Waals surface area contributed by atoms with Crippen LogP contribution in [0.2, 0.25) is 5.02 Å². The number of amides is 2. The Hall–Kier alpha value is -2.83. The fourth-order valence-electron chi connectivity index (χ4n) is 3.36. The predicted octanol–water partition coefficient (Wildman–Crippen LogP) is 4.34. The average Bonchev–Trinajstić information content (AvgIpc) is 2.67. The number of benzene rings is 2. The van der Waals surface area contributed by atoms with Crippen molar-refractivity contribution < 1.29 is 9.59 Å². The van der Waals surface area contributed by atoms with Crippen LogP contribution >= 0.6 is 23.2 Å². The summed E-state index contributed by atoms with van der Waals surface area (Å²) >= 11 is 11.8. The Kier molecular flexibility index (Phi) is 5.96. The minimum Gasteiger partial charge on any atom is -0.398 e. The SMILES string of the molecule is CC1=C(C(=O)Nc2ccc(N)c(C(=N)Cl)c2)C(c2ccc(Cl)cc2)CC(=O)N1C. The van der Waals surface area contributed by atoms with Gasteiger partial charge in [-0.25, -0.2) is 0 Å². The molecule has 3 rings (SSSR count). The van der Waals surface area contributed by atoms with Gasteiger partial charge in [-0.2, -0.15) is 0 Å². The summed E-state index contributed by atoms with van der Waals surface area (Å²) in [6.45, 7) is 1.75. The van der Waals surface area contributed by atoms with E-state index in [1.165, 1.54) is 4.90 Å². The van der Waals surface area contributed by atoms with Gasteiger partial charge in [0.15, 0.2) is 0 Å². The van der Waals surface area contributed by atoms with Crippen LogP contribution in [0, 0.1) is 5.41 Å². The lowest BCUT2D eigenvalue weighted by atomic mass is 9.83. The number of rotatable bonds is 4. The van der Waals surface area contributed by atoms with Gasteiger partial charge in [-0.15, -0.1) is 0 Å². The van der Waals surface area contributed by atoms with E-state index in [1.807, 2.05) is 12.1 Å². The van der Waals surface area contributed by atoms with Gasteiger partial charge in [-0.3, -0.25) is 15.0 Å². The van der Waals surface area contributed by atoms with E-state index >= 15 is 0 Å². The highest BCUT2D eigenvalue weighted by molar-refractivity contribution is 6.69. The van der Waals surface area contributed by atoms with Crippen molar-refractivity contribution in [2.75, 3.05) is 18.1 Å². The molecule has 0 saturated heterocycles. The van der Waals surface area contributed by atoms with E-state index in [4.69, 9.17) is 34.3 Å². The second kappa shape index (κ2) is 8.27. The standard InChI is InChI=1S/C21H20Cl2N4O2/c1-11-19(21(29)26-14-7-8-17(24)16(9-14)20(23)25)15(10-18(28)27(11)2)12-3-5-13(22)6-4-12/h3-9,15,25H,10,24H2,1-2H3,(H,26,29). The van der Waals surface area contributed by atoms with Crippen molar-refractivity contribution in [2.45, 2.75) is 19.3 Å². The third-order valence-corrected chi connectivity index (χ3v) is 5.51. The molecule has 0 saturated carbocycles. The lowest BCUT2D eigenvalue weighted by Crippen LogP contribution is -2.36. The summed E-state index contributed by atoms with van der Waals surface area (Å²) in [5.41, 5.74) is 8.88. The summed E-state index contributed by atoms with van der Waals surface area (Å²) < 4.78 is 0. The first-order chi connectivity index (χ1) is 13.7. The molecular formula is C21H20Cl2N4O2. The fraction of sp³-hybridized carbons (Fsp3) is 0.190. The zero-order valence-electron chi connectivity index (χ0n) is 15.9. The first-order valence-electron chi connectivity index (χ1n) is 8.87. The molecule has 1 atom stereocenters. The highest BCUT2D eigenvalue weighted by atomic mass is 35.5. The molecule has 1 heterocycles. The normalized spacial score (nSPS) is 16.8. The Bertz CT molecular complexity index is 1030. The minimum atomic E-state index is -0.393. The summed E-state index contributed by atoms with van der Waals surface area (Å²) in [6.07, 6.45) is 0.178. The Labute approximate surface area is 178 Å². The molecule has 0 fully saturated rings. The highest BCUT2D eigenvalue weighted by Gasteiger charge is 2.34. The van der Waals surface area contributed by atoms with Crippen molar-refractivity contribution in [2.24, 2.45) is 0 Å². The van der Waals surface area contributed by atoms with Crippen LogP contribution in [0.4, 0.5) is 11.4 Å². The number of halogens is 2. The number of nitrogens with two attached hydrogens (primary N) is 1. The van der Waals surface area contributed by atoms with Crippen molar-refractivity contribution in [1.82, 2.24) is 4.90 Å². The van der Waals surface area contributed by atoms with E-state index in [2.05, 4.69) is 5.32 Å². The lowest BCUT2D eigenvalue weighted by Gasteiger charge is -2.32. The van der Waals surface area contributed by atoms with Crippen molar-refractivity contribution in [3.63, 3.8) is 0 Å². The van der Waals surface area contributed by atoms with Crippen LogP contribution < -0.4 is 11.1 Å². The molecule has 29 heavy (non-hydrogen) atoms. The number of hydrogen-bond donors (Lipinski definition) is 3. The monoisotopic (exact) mass is 430 g/mol. The van der Waals surface area contributed by atoms with Gasteiger partial charge in [0.2, 0.25) is 5.91 Å². The van der Waals surface area contributed by atoms with Crippen molar-refractivity contribution in [1.29, 1.82) is 5.41 Å². The zero-order chi connectivity index (χ0) is 21.3. The number of carbonyl (C=O) groups excluding carboxylic acids is 2. The quantitative estimate of drug-likeness (QED) is 0.496. The molecule has 6 nitrogen and oxygen atoms in total. The van der Waals surface area contributed by atoms with E-state index in [0.29, 0.717) is 33.2 Å². The summed E-state index contributed by atoms with van der Waals surface area (Å²) in [7, 11) is 1.65. The smallest absolute Gasteiger partial charge is 0.253 e. The number of nitrogens with one attached hydrogen (secondary N) is 2. The summed E-state index contributed by atoms with van der Waals surface area (Å²) in [6, 6.07) is 11.9. The predicted molar refractivity (Wildman–Crippen MR) is 116 cm³/mol. The molecular weight excluding hydrogens is 411 g/mol. The van der Waals surface area contributed by atoms with Gasteiger partial charge in [0.05, 0.1) is 0 Å². The van der Waals surface area contributed by atoms with Crippen molar-refractivity contribution in [3.05, 3.63) is 69.9 Å². The van der Waals surface area contributed by atoms with Crippen molar-refractivity contribution in [3.8, 4) is 0 Å². The molecule has 0 aliphatic carbocycles. The van der Waals surface area contributed by atoms with E-state index in [-0.39, 0.29) is 23.4 Å². The van der Waals surface area contributed by atoms with E-state index < -0.39 is 5.92 Å². The zero-order valence-corrected chi connectivity index (χ0v) is 17.4. The van der Waals surface area contributed by atoms with Gasteiger partial charge in [0.25, 0.3) is 5.91 Å². The van der Waals surface area contributed by atoms with Crippen LogP contribution in [0.15, 0.2) is 53.7 Å². The van der Waals surface area contributed by atoms with Crippen LogP contribution in [0.3, 0.4) is 0 Å². The number of allylic oxidation sites excluding steroid dienone is 1. The Morgan fingerprint density at radius 3 is 2.52 bits per heavy atom. The molecule has 0 spiro atoms. The summed E-state index contributed by atoms with van der Waals surface area (Å²) in [5, 5.41) is 10.8. The molecule has 1 aliphatic heterocycles. The molecule has 4 N–H and O–H groups in total. The summed E-state index contributed by atoms with van der Waals surface area (Å²) in [4.78, 5) is 27.1. The maximum atomic E-state index is 13.2. The number of nitrogen functional groups attached to an aromatic ring is 1. The second-order valence-corrected chi connectivity index (χ2v) is 7.64. The number of anilines is 2. The lowest BCUT2D eigenvalue weighted by molar-refractivity contribution is -0.129. The van der Waals surface area contributed by atoms with E-state index in [9.17, 15) is 9.59 Å². The van der Waals surface area contributed by atoms with Crippen LogP contribution in [-0.4, -0.2) is 28.9 Å². The third-order valence-electron chi connectivity index (χ3n) is 5.06. The minimum absolute atomic E-state index is 0.0654. The molecule has 0 bridgehead atoms. The van der Waals surface area contributed by atoms with Crippen LogP contribution in [0.5, 0.6) is 0 Å². The van der Waals surface area contributed by atoms with E-state index in [1.54, 1.807) is 44.3 Å². The maximum Gasteiger partial charge on any atom is 0.253 e. The van der Waals surface area contributed by atoms with Gasteiger partial charge < -0.3 is 16.0 Å². The van der Waals surface area contributed by atoms with Crippen LogP contribution in [-0.2, 0) is 9.59 Å². The van der Waals surface area contributed by atoms with Crippen LogP contribution in [0.25, 0.3) is 0 Å². The first kappa shape index (κ1) is 20.9. The molecule has 0 radical (unpaired) electrons. The van der Waals surface area contributed by atoms with E-state index in [0.717, 1.165) is 5.56 Å². The molecule has 2 amide bonds. The topological polar surface area (TPSA) is 99.3 Å². The molecule has 2 aromatic rings. The molecule has 150 valence electrons. The Morgan fingerprint density at radius 2 is 1.90 bits per heavy atom. The number of carbonyl (C=O) groups is 2. The van der Waals surface area contributed by atoms with Crippen LogP contribution in [0.1, 0.15) is 30.4 Å². The first-order valence-corrected chi connectivity index (χ1v) is 9.62. The fourth-order valence-corrected chi connectivity index (χ4v) is 3.65. The molecule has 0 aromatic heterocycles. The van der Waals surface area contributed by atoms with Crippen molar-refractivity contribution >= 4 is 51.6 Å². The average molecular weight is 431 g/mol. The van der Waals surface area contributed by atoms with Gasteiger partial charge in [0.1, 0.15) is 5.17 Å². The summed E-state index contributed by atoms with van der Waals surface area (Å²) in [5.74, 6) is -0.793. The molecule has 1 aliphatic rings. The number of nitrogens with zero attached hydrogens (tertiary/aromatic N) is 1. The maximum absolute atomic E-state index is 13.2. The van der Waals surface area contributed by atoms with Gasteiger partial charge in [-0.05, 0) is 42.8 Å². The highest BCUT2D eigenvalue weighted by Crippen LogP contribution is 2.37. The Morgan fingerprint density at radius 1 is 1.24 bits per heavy atom. The largest absolute Gasteiger partial charge is 0.398 e. The molecule has 1 unspecified atom stereocenters. The van der Waals surface area contributed by atoms with Gasteiger partial charge in [-0.1, -0.05) is 35.3 Å². The van der Waals surface area contributed by atoms with Gasteiger partial charge >= 0.3 is 0 Å². The Balaban J connectivity index is 1.99. The van der Waals surface area contributed by atoms with Gasteiger partial charge in [0, 0.05) is 52.6 Å². The number of hydrogen-bond acceptors (Lipinski definition) is 4. The second-order valence-electron chi connectivity index (χ2n) is 6.83. The third kappa shape index (κ3) is 4.28.